The molecule has 0 atom stereocenters. The number of esters is 1. The number of nitrogens with zero attached hydrogens (tertiary/aromatic N) is 1. The molecule has 0 saturated carbocycles. The summed E-state index contributed by atoms with van der Waals surface area (Å²) in [6.07, 6.45) is 1.55. The van der Waals surface area contributed by atoms with Crippen molar-refractivity contribution in [2.75, 3.05) is 12.4 Å². The largest absolute Gasteiger partial charge is 0.465 e. The average molecular weight is 328 g/mol. The lowest BCUT2D eigenvalue weighted by molar-refractivity contribution is 0.0600. The van der Waals surface area contributed by atoms with Gasteiger partial charge in [-0.15, -0.1) is 11.3 Å². The average Bonchev–Trinajstić information content (AvgIpc) is 3.25. The SMILES string of the molecule is COC(=O)c1cccc(NC(=O)c2csc(-c3ccco3)n2)c1. The number of carbonyl (C=O) groups is 2. The predicted octanol–water partition coefficient (Wildman–Crippen LogP) is 3.44. The van der Waals surface area contributed by atoms with E-state index in [0.717, 1.165) is 0 Å². The molecule has 0 spiro atoms. The minimum Gasteiger partial charge on any atom is -0.465 e. The molecule has 1 N–H and O–H groups in total. The molecule has 0 unspecified atom stereocenters. The first-order chi connectivity index (χ1) is 11.2. The molecule has 6 nitrogen and oxygen atoms in total. The number of amides is 1. The first-order valence-electron chi connectivity index (χ1n) is 6.66. The number of anilines is 1. The van der Waals surface area contributed by atoms with E-state index in [1.54, 1.807) is 48.0 Å². The van der Waals surface area contributed by atoms with Crippen molar-refractivity contribution >= 4 is 28.9 Å². The summed E-state index contributed by atoms with van der Waals surface area (Å²) in [4.78, 5) is 28.0. The van der Waals surface area contributed by atoms with E-state index >= 15 is 0 Å². The lowest BCUT2D eigenvalue weighted by Gasteiger charge is -2.05. The number of methoxy groups -OCH3 is 1. The molecule has 0 aliphatic rings. The lowest BCUT2D eigenvalue weighted by atomic mass is 10.2. The van der Waals surface area contributed by atoms with E-state index in [1.165, 1.54) is 18.4 Å². The quantitative estimate of drug-likeness (QED) is 0.742. The van der Waals surface area contributed by atoms with Gasteiger partial charge in [0, 0.05) is 11.1 Å². The van der Waals surface area contributed by atoms with Gasteiger partial charge in [0.25, 0.3) is 5.91 Å². The third-order valence-corrected chi connectivity index (χ3v) is 3.87. The van der Waals surface area contributed by atoms with Crippen LogP contribution < -0.4 is 5.32 Å². The third-order valence-electron chi connectivity index (χ3n) is 3.01. The number of hydrogen-bond donors (Lipinski definition) is 1. The Bertz CT molecular complexity index is 839. The Hall–Kier alpha value is -2.93. The molecule has 23 heavy (non-hydrogen) atoms. The van der Waals surface area contributed by atoms with Gasteiger partial charge in [0.15, 0.2) is 10.8 Å². The smallest absolute Gasteiger partial charge is 0.337 e. The maximum atomic E-state index is 12.2. The van der Waals surface area contributed by atoms with Crippen LogP contribution in [-0.2, 0) is 4.74 Å². The number of nitrogens with one attached hydrogen (secondary N) is 1. The molecule has 1 amide bonds. The molecule has 0 bridgehead atoms. The van der Waals surface area contributed by atoms with Crippen LogP contribution in [0.15, 0.2) is 52.5 Å². The minimum absolute atomic E-state index is 0.282. The fourth-order valence-electron chi connectivity index (χ4n) is 1.93. The van der Waals surface area contributed by atoms with Gasteiger partial charge in [0.2, 0.25) is 0 Å². The number of thiazole rings is 1. The molecule has 0 saturated heterocycles. The Labute approximate surface area is 135 Å². The molecule has 3 aromatic rings. The number of hydrogen-bond acceptors (Lipinski definition) is 6. The predicted molar refractivity (Wildman–Crippen MR) is 85.6 cm³/mol. The molecule has 2 aromatic heterocycles. The van der Waals surface area contributed by atoms with Gasteiger partial charge in [0.05, 0.1) is 18.9 Å². The Balaban J connectivity index is 1.76. The molecule has 0 aliphatic heterocycles. The highest BCUT2D eigenvalue weighted by Crippen LogP contribution is 2.24. The standard InChI is InChI=1S/C16H12N2O4S/c1-21-16(20)10-4-2-5-11(8-10)17-14(19)12-9-23-15(18-12)13-6-3-7-22-13/h2-9H,1H3,(H,17,19). The number of benzene rings is 1. The van der Waals surface area contributed by atoms with Crippen LogP contribution in [0.2, 0.25) is 0 Å². The highest BCUT2D eigenvalue weighted by Gasteiger charge is 2.14. The number of carbonyl (C=O) groups excluding carboxylic acids is 2. The highest BCUT2D eigenvalue weighted by atomic mass is 32.1. The fourth-order valence-corrected chi connectivity index (χ4v) is 2.69. The summed E-state index contributed by atoms with van der Waals surface area (Å²) >= 11 is 1.32. The van der Waals surface area contributed by atoms with Crippen molar-refractivity contribution in [1.82, 2.24) is 4.98 Å². The second-order valence-corrected chi connectivity index (χ2v) is 5.40. The van der Waals surface area contributed by atoms with Gasteiger partial charge in [-0.3, -0.25) is 4.79 Å². The van der Waals surface area contributed by atoms with Crippen molar-refractivity contribution in [3.8, 4) is 10.8 Å². The summed E-state index contributed by atoms with van der Waals surface area (Å²) in [7, 11) is 1.30. The molecule has 2 heterocycles. The molecule has 0 fully saturated rings. The van der Waals surface area contributed by atoms with Gasteiger partial charge in [-0.2, -0.15) is 0 Å². The molecule has 1 aromatic carbocycles. The topological polar surface area (TPSA) is 81.4 Å². The summed E-state index contributed by atoms with van der Waals surface area (Å²) in [6.45, 7) is 0. The van der Waals surface area contributed by atoms with Crippen molar-refractivity contribution in [3.05, 3.63) is 59.3 Å². The second kappa shape index (κ2) is 6.45. The summed E-state index contributed by atoms with van der Waals surface area (Å²) in [5.41, 5.74) is 1.13. The van der Waals surface area contributed by atoms with Crippen LogP contribution in [0.1, 0.15) is 20.8 Å². The Morgan fingerprint density at radius 1 is 1.26 bits per heavy atom. The van der Waals surface area contributed by atoms with E-state index in [-0.39, 0.29) is 11.6 Å². The van der Waals surface area contributed by atoms with E-state index in [1.807, 2.05) is 0 Å². The number of furan rings is 1. The van der Waals surface area contributed by atoms with Crippen LogP contribution in [0.5, 0.6) is 0 Å². The van der Waals surface area contributed by atoms with Crippen LogP contribution in [-0.4, -0.2) is 24.0 Å². The zero-order valence-corrected chi connectivity index (χ0v) is 12.9. The zero-order valence-electron chi connectivity index (χ0n) is 12.1. The van der Waals surface area contributed by atoms with Crippen molar-refractivity contribution in [1.29, 1.82) is 0 Å². The number of aromatic nitrogens is 1. The molecular formula is C16H12N2O4S. The van der Waals surface area contributed by atoms with Gasteiger partial charge < -0.3 is 14.5 Å². The van der Waals surface area contributed by atoms with E-state index in [0.29, 0.717) is 22.0 Å². The zero-order chi connectivity index (χ0) is 16.2. The molecule has 0 radical (unpaired) electrons. The van der Waals surface area contributed by atoms with Crippen LogP contribution in [0.25, 0.3) is 10.8 Å². The van der Waals surface area contributed by atoms with E-state index < -0.39 is 5.97 Å². The van der Waals surface area contributed by atoms with Gasteiger partial charge in [-0.1, -0.05) is 6.07 Å². The van der Waals surface area contributed by atoms with Crippen LogP contribution >= 0.6 is 11.3 Å². The maximum absolute atomic E-state index is 12.2. The van der Waals surface area contributed by atoms with Crippen molar-refractivity contribution in [2.24, 2.45) is 0 Å². The van der Waals surface area contributed by atoms with Gasteiger partial charge >= 0.3 is 5.97 Å². The summed E-state index contributed by atoms with van der Waals surface area (Å²) in [5, 5.41) is 4.98. The second-order valence-electron chi connectivity index (χ2n) is 4.54. The Morgan fingerprint density at radius 3 is 2.87 bits per heavy atom. The first-order valence-corrected chi connectivity index (χ1v) is 7.54. The Kier molecular flexibility index (Phi) is 4.20. The van der Waals surface area contributed by atoms with E-state index in [4.69, 9.17) is 4.42 Å². The third kappa shape index (κ3) is 3.29. The Morgan fingerprint density at radius 2 is 2.13 bits per heavy atom. The number of ether oxygens (including phenoxy) is 1. The minimum atomic E-state index is -0.463. The molecule has 7 heteroatoms. The van der Waals surface area contributed by atoms with E-state index in [2.05, 4.69) is 15.0 Å². The monoisotopic (exact) mass is 328 g/mol. The normalized spacial score (nSPS) is 10.3. The van der Waals surface area contributed by atoms with Crippen molar-refractivity contribution in [2.45, 2.75) is 0 Å². The van der Waals surface area contributed by atoms with Crippen LogP contribution in [0.4, 0.5) is 5.69 Å². The molecule has 0 aliphatic carbocycles. The lowest BCUT2D eigenvalue weighted by Crippen LogP contribution is -2.13. The van der Waals surface area contributed by atoms with Crippen molar-refractivity contribution in [3.63, 3.8) is 0 Å². The first kappa shape index (κ1) is 15.0. The summed E-state index contributed by atoms with van der Waals surface area (Å²) < 4.78 is 9.90. The summed E-state index contributed by atoms with van der Waals surface area (Å²) in [6, 6.07) is 10.0. The van der Waals surface area contributed by atoms with E-state index in [9.17, 15) is 9.59 Å². The molecular weight excluding hydrogens is 316 g/mol. The van der Waals surface area contributed by atoms with Gasteiger partial charge in [-0.25, -0.2) is 9.78 Å². The number of rotatable bonds is 4. The van der Waals surface area contributed by atoms with Crippen LogP contribution in [0.3, 0.4) is 0 Å². The summed E-state index contributed by atoms with van der Waals surface area (Å²) in [5.74, 6) is -0.210. The maximum Gasteiger partial charge on any atom is 0.337 e. The van der Waals surface area contributed by atoms with Gasteiger partial charge in [-0.05, 0) is 30.3 Å². The van der Waals surface area contributed by atoms with Crippen molar-refractivity contribution < 1.29 is 18.7 Å². The van der Waals surface area contributed by atoms with Crippen LogP contribution in [0, 0.1) is 0 Å². The highest BCUT2D eigenvalue weighted by molar-refractivity contribution is 7.13. The molecule has 116 valence electrons. The van der Waals surface area contributed by atoms with Gasteiger partial charge in [0.1, 0.15) is 5.69 Å². The fraction of sp³-hybridized carbons (Fsp3) is 0.0625. The molecule has 3 rings (SSSR count).